The highest BCUT2D eigenvalue weighted by molar-refractivity contribution is 6.59. The number of rotatable bonds is 2. The van der Waals surface area contributed by atoms with E-state index < -0.39 is 35.8 Å². The van der Waals surface area contributed by atoms with E-state index in [0.29, 0.717) is 0 Å². The van der Waals surface area contributed by atoms with Gasteiger partial charge in [0.2, 0.25) is 0 Å². The highest BCUT2D eigenvalue weighted by Crippen LogP contribution is 2.18. The van der Waals surface area contributed by atoms with Crippen LogP contribution < -0.4 is 10.2 Å². The molecule has 0 bridgehead atoms. The van der Waals surface area contributed by atoms with Gasteiger partial charge < -0.3 is 14.8 Å². The molecular formula is C7H6BF3O3. The Balaban J connectivity index is 3.48. The van der Waals surface area contributed by atoms with Crippen LogP contribution in [-0.2, 0) is 0 Å². The van der Waals surface area contributed by atoms with Gasteiger partial charge in [0.15, 0.2) is 23.2 Å². The van der Waals surface area contributed by atoms with Crippen LogP contribution in [0.1, 0.15) is 0 Å². The van der Waals surface area contributed by atoms with E-state index in [2.05, 4.69) is 4.74 Å². The van der Waals surface area contributed by atoms with Crippen molar-refractivity contribution in [3.63, 3.8) is 0 Å². The van der Waals surface area contributed by atoms with Crippen molar-refractivity contribution in [2.24, 2.45) is 0 Å². The number of hydrogen-bond acceptors (Lipinski definition) is 3. The Labute approximate surface area is 77.9 Å². The molecule has 14 heavy (non-hydrogen) atoms. The monoisotopic (exact) mass is 206 g/mol. The van der Waals surface area contributed by atoms with E-state index >= 15 is 0 Å². The Kier molecular flexibility index (Phi) is 3.02. The molecule has 1 aromatic rings. The van der Waals surface area contributed by atoms with Crippen LogP contribution in [0.25, 0.3) is 0 Å². The maximum Gasteiger partial charge on any atom is 0.495 e. The van der Waals surface area contributed by atoms with E-state index in [1.165, 1.54) is 0 Å². The lowest BCUT2D eigenvalue weighted by Gasteiger charge is -2.09. The standard InChI is InChI=1S/C7H6BF3O3/c1-14-7-4(10)2-3(9)6(11)5(7)8(12)13/h2,12-13H,1H3. The molecule has 0 saturated heterocycles. The predicted molar refractivity (Wildman–Crippen MR) is 42.7 cm³/mol. The molecule has 0 aromatic heterocycles. The van der Waals surface area contributed by atoms with Crippen molar-refractivity contribution in [2.75, 3.05) is 7.11 Å². The molecule has 2 N–H and O–H groups in total. The van der Waals surface area contributed by atoms with Crippen molar-refractivity contribution in [1.82, 2.24) is 0 Å². The summed E-state index contributed by atoms with van der Waals surface area (Å²) >= 11 is 0. The molecule has 0 heterocycles. The zero-order valence-corrected chi connectivity index (χ0v) is 7.09. The summed E-state index contributed by atoms with van der Waals surface area (Å²) in [5, 5.41) is 17.3. The van der Waals surface area contributed by atoms with E-state index in [0.717, 1.165) is 7.11 Å². The average Bonchev–Trinajstić information content (AvgIpc) is 2.10. The third kappa shape index (κ3) is 1.68. The van der Waals surface area contributed by atoms with Gasteiger partial charge >= 0.3 is 7.12 Å². The summed E-state index contributed by atoms with van der Waals surface area (Å²) in [4.78, 5) is 0. The minimum Gasteiger partial charge on any atom is -0.494 e. The van der Waals surface area contributed by atoms with Gasteiger partial charge in [0, 0.05) is 6.07 Å². The normalized spacial score (nSPS) is 10.1. The minimum absolute atomic E-state index is 0.264. The third-order valence-corrected chi connectivity index (χ3v) is 1.62. The molecule has 0 radical (unpaired) electrons. The van der Waals surface area contributed by atoms with Gasteiger partial charge in [-0.2, -0.15) is 0 Å². The average molecular weight is 206 g/mol. The first-order valence-electron chi connectivity index (χ1n) is 3.56. The molecule has 0 spiro atoms. The van der Waals surface area contributed by atoms with Gasteiger partial charge in [0.1, 0.15) is 0 Å². The van der Waals surface area contributed by atoms with Gasteiger partial charge in [0.25, 0.3) is 0 Å². The van der Waals surface area contributed by atoms with Crippen LogP contribution in [0.2, 0.25) is 0 Å². The second-order valence-electron chi connectivity index (χ2n) is 2.47. The molecule has 1 aromatic carbocycles. The summed E-state index contributed by atoms with van der Waals surface area (Å²) in [7, 11) is -1.34. The molecule has 0 aliphatic rings. The first-order valence-corrected chi connectivity index (χ1v) is 3.56. The Morgan fingerprint density at radius 1 is 1.21 bits per heavy atom. The first kappa shape index (κ1) is 10.9. The zero-order valence-electron chi connectivity index (χ0n) is 7.09. The Morgan fingerprint density at radius 3 is 2.21 bits per heavy atom. The SMILES string of the molecule is COc1c(F)cc(F)c(F)c1B(O)O. The van der Waals surface area contributed by atoms with Gasteiger partial charge in [-0.1, -0.05) is 0 Å². The van der Waals surface area contributed by atoms with E-state index in [-0.39, 0.29) is 6.07 Å². The van der Waals surface area contributed by atoms with Crippen molar-refractivity contribution in [3.8, 4) is 5.75 Å². The fourth-order valence-electron chi connectivity index (χ4n) is 1.04. The lowest BCUT2D eigenvalue weighted by atomic mass is 9.79. The molecule has 0 unspecified atom stereocenters. The van der Waals surface area contributed by atoms with Gasteiger partial charge in [0.05, 0.1) is 12.6 Å². The van der Waals surface area contributed by atoms with Crippen molar-refractivity contribution in [1.29, 1.82) is 0 Å². The highest BCUT2D eigenvalue weighted by Gasteiger charge is 2.27. The fourth-order valence-corrected chi connectivity index (χ4v) is 1.04. The molecule has 7 heteroatoms. The molecule has 0 atom stereocenters. The van der Waals surface area contributed by atoms with Crippen molar-refractivity contribution in [2.45, 2.75) is 0 Å². The van der Waals surface area contributed by atoms with E-state index in [1.807, 2.05) is 0 Å². The van der Waals surface area contributed by atoms with Crippen molar-refractivity contribution in [3.05, 3.63) is 23.5 Å². The van der Waals surface area contributed by atoms with Gasteiger partial charge in [-0.25, -0.2) is 13.2 Å². The zero-order chi connectivity index (χ0) is 10.9. The Hall–Kier alpha value is -1.21. The maximum atomic E-state index is 12.9. The van der Waals surface area contributed by atoms with Crippen LogP contribution in [0.15, 0.2) is 6.07 Å². The molecule has 0 saturated carbocycles. The molecule has 76 valence electrons. The number of hydrogen-bond donors (Lipinski definition) is 2. The molecule has 1 rings (SSSR count). The lowest BCUT2D eigenvalue weighted by Crippen LogP contribution is -2.35. The molecule has 0 fully saturated rings. The van der Waals surface area contributed by atoms with E-state index in [9.17, 15) is 13.2 Å². The van der Waals surface area contributed by atoms with Gasteiger partial charge in [-0.05, 0) is 0 Å². The van der Waals surface area contributed by atoms with Crippen molar-refractivity contribution < 1.29 is 28.0 Å². The number of halogens is 3. The van der Waals surface area contributed by atoms with Crippen LogP contribution in [0.5, 0.6) is 5.75 Å². The maximum absolute atomic E-state index is 12.9. The smallest absolute Gasteiger partial charge is 0.494 e. The summed E-state index contributed by atoms with van der Waals surface area (Å²) in [6.45, 7) is 0. The highest BCUT2D eigenvalue weighted by atomic mass is 19.2. The predicted octanol–water partition coefficient (Wildman–Crippen LogP) is -0.208. The summed E-state index contributed by atoms with van der Waals surface area (Å²) in [5.74, 6) is -4.97. The second kappa shape index (κ2) is 3.89. The van der Waals surface area contributed by atoms with Crippen LogP contribution in [0.4, 0.5) is 13.2 Å². The minimum atomic E-state index is -2.34. The Bertz CT molecular complexity index is 357. The Morgan fingerprint density at radius 2 is 1.79 bits per heavy atom. The summed E-state index contributed by atoms with van der Waals surface area (Å²) in [6.07, 6.45) is 0. The second-order valence-corrected chi connectivity index (χ2v) is 2.47. The number of methoxy groups -OCH3 is 1. The number of benzene rings is 1. The number of ether oxygens (including phenoxy) is 1. The molecule has 0 aliphatic heterocycles. The van der Waals surface area contributed by atoms with Gasteiger partial charge in [-0.3, -0.25) is 0 Å². The molecule has 0 aliphatic carbocycles. The van der Waals surface area contributed by atoms with Crippen molar-refractivity contribution >= 4 is 12.6 Å². The van der Waals surface area contributed by atoms with Crippen LogP contribution in [-0.4, -0.2) is 24.3 Å². The van der Waals surface area contributed by atoms with Crippen LogP contribution in [0.3, 0.4) is 0 Å². The fraction of sp³-hybridized carbons (Fsp3) is 0.143. The topological polar surface area (TPSA) is 49.7 Å². The van der Waals surface area contributed by atoms with E-state index in [1.54, 1.807) is 0 Å². The largest absolute Gasteiger partial charge is 0.495 e. The van der Waals surface area contributed by atoms with Crippen LogP contribution >= 0.6 is 0 Å². The third-order valence-electron chi connectivity index (χ3n) is 1.62. The molecular weight excluding hydrogens is 200 g/mol. The van der Waals surface area contributed by atoms with Crippen LogP contribution in [0, 0.1) is 17.5 Å². The summed E-state index contributed by atoms with van der Waals surface area (Å²) in [5.41, 5.74) is -0.954. The molecule has 0 amide bonds. The summed E-state index contributed by atoms with van der Waals surface area (Å²) in [6, 6.07) is 0.264. The quantitative estimate of drug-likeness (QED) is 0.520. The lowest BCUT2D eigenvalue weighted by molar-refractivity contribution is 0.371. The summed E-state index contributed by atoms with van der Waals surface area (Å²) < 4.78 is 42.8. The molecule has 3 nitrogen and oxygen atoms in total. The first-order chi connectivity index (χ1) is 6.49. The van der Waals surface area contributed by atoms with E-state index in [4.69, 9.17) is 10.0 Å². The van der Waals surface area contributed by atoms with Gasteiger partial charge in [-0.15, -0.1) is 0 Å².